The fourth-order valence-electron chi connectivity index (χ4n) is 9.84. The van der Waals surface area contributed by atoms with Gasteiger partial charge in [0.25, 0.3) is 0 Å². The summed E-state index contributed by atoms with van der Waals surface area (Å²) in [6, 6.07) is -0.926. The van der Waals surface area contributed by atoms with Gasteiger partial charge in [0.05, 0.1) is 32.0 Å². The van der Waals surface area contributed by atoms with Gasteiger partial charge in [-0.1, -0.05) is 231 Å². The molecule has 2 fully saturated rings. The Morgan fingerprint density at radius 2 is 0.889 bits per heavy atom. The van der Waals surface area contributed by atoms with Gasteiger partial charge >= 0.3 is 0 Å². The number of aliphatic hydroxyl groups excluding tert-OH is 8. The number of carbonyl (C=O) groups excluding carboxylic acids is 1. The van der Waals surface area contributed by atoms with Gasteiger partial charge in [-0.15, -0.1) is 0 Å². The third-order valence-electron chi connectivity index (χ3n) is 14.6. The first kappa shape index (κ1) is 66.6. The van der Waals surface area contributed by atoms with Crippen LogP contribution in [-0.4, -0.2) is 140 Å². The molecule has 9 N–H and O–H groups in total. The van der Waals surface area contributed by atoms with Crippen LogP contribution in [0.3, 0.4) is 0 Å². The molecule has 2 rings (SSSR count). The van der Waals surface area contributed by atoms with E-state index in [4.69, 9.17) is 18.9 Å². The largest absolute Gasteiger partial charge is 0.394 e. The highest BCUT2D eigenvalue weighted by Gasteiger charge is 2.51. The lowest BCUT2D eigenvalue weighted by Gasteiger charge is -2.46. The number of nitrogens with one attached hydrogen (secondary N) is 1. The summed E-state index contributed by atoms with van der Waals surface area (Å²) < 4.78 is 22.7. The van der Waals surface area contributed by atoms with Crippen LogP contribution in [0.1, 0.15) is 245 Å². The van der Waals surface area contributed by atoms with Gasteiger partial charge in [-0.25, -0.2) is 0 Å². The fraction of sp³-hybridized carbons (Fsp3) is 0.914. The molecular formula is C58H109NO13. The van der Waals surface area contributed by atoms with Crippen LogP contribution >= 0.6 is 0 Å². The van der Waals surface area contributed by atoms with Crippen LogP contribution in [0.4, 0.5) is 0 Å². The average molecular weight is 1030 g/mol. The molecule has 0 bridgehead atoms. The zero-order valence-corrected chi connectivity index (χ0v) is 45.4. The highest BCUT2D eigenvalue weighted by Crippen LogP contribution is 2.30. The van der Waals surface area contributed by atoms with Crippen LogP contribution in [0, 0.1) is 0 Å². The number of aliphatic hydroxyl groups is 8. The number of hydrogen-bond donors (Lipinski definition) is 9. The van der Waals surface area contributed by atoms with Crippen molar-refractivity contribution >= 4 is 5.91 Å². The topological polar surface area (TPSA) is 228 Å². The van der Waals surface area contributed by atoms with Crippen LogP contribution in [0.25, 0.3) is 0 Å². The zero-order chi connectivity index (χ0) is 52.4. The number of carbonyl (C=O) groups is 1. The predicted molar refractivity (Wildman–Crippen MR) is 286 cm³/mol. The number of allylic oxidation sites excluding steroid dienone is 3. The van der Waals surface area contributed by atoms with Crippen LogP contribution < -0.4 is 5.32 Å². The summed E-state index contributed by atoms with van der Waals surface area (Å²) in [5, 5.41) is 86.8. The lowest BCUT2D eigenvalue weighted by Crippen LogP contribution is -2.65. The lowest BCUT2D eigenvalue weighted by molar-refractivity contribution is -0.359. The number of ether oxygens (including phenoxy) is 4. The molecule has 0 aromatic heterocycles. The van der Waals surface area contributed by atoms with E-state index in [2.05, 4.69) is 31.3 Å². The van der Waals surface area contributed by atoms with E-state index in [1.54, 1.807) is 6.08 Å². The minimum absolute atomic E-state index is 0.251. The van der Waals surface area contributed by atoms with E-state index in [0.717, 1.165) is 32.1 Å². The van der Waals surface area contributed by atoms with Gasteiger partial charge in [-0.05, 0) is 32.1 Å². The summed E-state index contributed by atoms with van der Waals surface area (Å²) in [5.41, 5.74) is 0. The molecule has 2 aliphatic heterocycles. The first-order chi connectivity index (χ1) is 35.1. The van der Waals surface area contributed by atoms with Gasteiger partial charge < -0.3 is 65.1 Å². The molecule has 0 spiro atoms. The Balaban J connectivity index is 1.68. The Kier molecular flexibility index (Phi) is 41.2. The van der Waals surface area contributed by atoms with E-state index in [1.807, 2.05) is 6.08 Å². The van der Waals surface area contributed by atoms with Crippen molar-refractivity contribution in [2.75, 3.05) is 19.8 Å². The second kappa shape index (κ2) is 44.6. The summed E-state index contributed by atoms with van der Waals surface area (Å²) in [4.78, 5) is 13.1. The fourth-order valence-corrected chi connectivity index (χ4v) is 9.84. The Morgan fingerprint density at radius 3 is 1.36 bits per heavy atom. The van der Waals surface area contributed by atoms with Crippen LogP contribution in [-0.2, 0) is 23.7 Å². The quantitative estimate of drug-likeness (QED) is 0.0205. The highest BCUT2D eigenvalue weighted by atomic mass is 16.7. The van der Waals surface area contributed by atoms with Gasteiger partial charge in [0.2, 0.25) is 5.91 Å². The maximum absolute atomic E-state index is 13.1. The third-order valence-corrected chi connectivity index (χ3v) is 14.6. The smallest absolute Gasteiger partial charge is 0.220 e. The van der Waals surface area contributed by atoms with E-state index < -0.39 is 86.8 Å². The number of unbranched alkanes of at least 4 members (excludes halogenated alkanes) is 32. The molecule has 12 unspecified atom stereocenters. The van der Waals surface area contributed by atoms with Crippen molar-refractivity contribution in [3.8, 4) is 0 Å². The van der Waals surface area contributed by atoms with Gasteiger partial charge in [0.15, 0.2) is 12.6 Å². The van der Waals surface area contributed by atoms with Crippen molar-refractivity contribution in [1.29, 1.82) is 0 Å². The molecule has 72 heavy (non-hydrogen) atoms. The molecule has 424 valence electrons. The Hall–Kier alpha value is -1.53. The third kappa shape index (κ3) is 30.3. The molecule has 12 atom stereocenters. The standard InChI is InChI=1S/C58H109NO13/c1-3-5-7-9-11-13-14-15-16-17-18-19-20-21-22-23-24-25-26-27-28-29-30-31-32-34-35-37-39-41-47(62)46(59-50(63)42-40-38-36-33-12-10-8-6-4-2)45-69-57-55(68)53(66)56(49(44-61)71-57)72-58-54(67)52(65)51(64)48(43-60)70-58/h32,34,39,41,46-49,51-58,60-62,64-68H,3-31,33,35-38,40,42-45H2,1-2H3,(H,59,63)/b34-32+,41-39+. The first-order valence-corrected chi connectivity index (χ1v) is 29.6. The SMILES string of the molecule is CCCCCCCCCCCCCCCCCCCCCCCCC/C=C/CC/C=C/C(O)C(COC1OC(CO)C(OC2OC(CO)C(O)C(O)C2O)C(O)C1O)NC(=O)CCCCCCCCCCC. The summed E-state index contributed by atoms with van der Waals surface area (Å²) in [7, 11) is 0. The molecular weight excluding hydrogens is 919 g/mol. The lowest BCUT2D eigenvalue weighted by atomic mass is 9.97. The van der Waals surface area contributed by atoms with Gasteiger partial charge in [-0.2, -0.15) is 0 Å². The van der Waals surface area contributed by atoms with Crippen molar-refractivity contribution in [1.82, 2.24) is 5.32 Å². The van der Waals surface area contributed by atoms with E-state index in [9.17, 15) is 45.6 Å². The number of hydrogen-bond acceptors (Lipinski definition) is 13. The average Bonchev–Trinajstić information content (AvgIpc) is 3.38. The normalized spacial score (nSPS) is 25.7. The molecule has 0 saturated carbocycles. The molecule has 2 heterocycles. The number of rotatable bonds is 47. The minimum atomic E-state index is -1.79. The van der Waals surface area contributed by atoms with E-state index in [1.165, 1.54) is 180 Å². The molecule has 14 heteroatoms. The van der Waals surface area contributed by atoms with Crippen molar-refractivity contribution in [2.45, 2.75) is 319 Å². The van der Waals surface area contributed by atoms with Crippen molar-refractivity contribution in [2.24, 2.45) is 0 Å². The Bertz CT molecular complexity index is 1300. The molecule has 0 aliphatic carbocycles. The molecule has 2 saturated heterocycles. The van der Waals surface area contributed by atoms with E-state index >= 15 is 0 Å². The molecule has 0 aromatic rings. The van der Waals surface area contributed by atoms with E-state index in [-0.39, 0.29) is 18.9 Å². The molecule has 0 radical (unpaired) electrons. The monoisotopic (exact) mass is 1030 g/mol. The first-order valence-electron chi connectivity index (χ1n) is 29.6. The molecule has 14 nitrogen and oxygen atoms in total. The minimum Gasteiger partial charge on any atom is -0.394 e. The summed E-state index contributed by atoms with van der Waals surface area (Å²) in [6.45, 7) is 2.76. The Labute approximate surface area is 437 Å². The van der Waals surface area contributed by atoms with Crippen molar-refractivity contribution in [3.05, 3.63) is 24.3 Å². The molecule has 1 amide bonds. The van der Waals surface area contributed by atoms with E-state index in [0.29, 0.717) is 12.8 Å². The Morgan fingerprint density at radius 1 is 0.486 bits per heavy atom. The van der Waals surface area contributed by atoms with Gasteiger partial charge in [-0.3, -0.25) is 4.79 Å². The van der Waals surface area contributed by atoms with Crippen LogP contribution in [0.5, 0.6) is 0 Å². The summed E-state index contributed by atoms with van der Waals surface area (Å²) in [5.74, 6) is -0.251. The zero-order valence-electron chi connectivity index (χ0n) is 45.4. The highest BCUT2D eigenvalue weighted by molar-refractivity contribution is 5.76. The molecule has 0 aromatic carbocycles. The predicted octanol–water partition coefficient (Wildman–Crippen LogP) is 9.67. The summed E-state index contributed by atoms with van der Waals surface area (Å²) >= 11 is 0. The second-order valence-electron chi connectivity index (χ2n) is 21.1. The second-order valence-corrected chi connectivity index (χ2v) is 21.1. The van der Waals surface area contributed by atoms with Crippen LogP contribution in [0.15, 0.2) is 24.3 Å². The van der Waals surface area contributed by atoms with Gasteiger partial charge in [0.1, 0.15) is 48.8 Å². The maximum atomic E-state index is 13.1. The molecule has 2 aliphatic rings. The van der Waals surface area contributed by atoms with Gasteiger partial charge in [0, 0.05) is 6.42 Å². The number of amides is 1. The summed E-state index contributed by atoms with van der Waals surface area (Å²) in [6.07, 6.45) is 35.5. The van der Waals surface area contributed by atoms with Crippen LogP contribution in [0.2, 0.25) is 0 Å². The maximum Gasteiger partial charge on any atom is 0.220 e. The van der Waals surface area contributed by atoms with Crippen molar-refractivity contribution in [3.63, 3.8) is 0 Å². The van der Waals surface area contributed by atoms with Crippen molar-refractivity contribution < 1.29 is 64.6 Å².